The number of likely N-dealkylation sites (N-methyl/N-ethyl adjacent to an activating group) is 1. The second kappa shape index (κ2) is 7.74. The van der Waals surface area contributed by atoms with Gasteiger partial charge in [-0.05, 0) is 19.5 Å². The van der Waals surface area contributed by atoms with Crippen LogP contribution in [0.25, 0.3) is 0 Å². The number of nitrogens with zero attached hydrogens (tertiary/aromatic N) is 1. The summed E-state index contributed by atoms with van der Waals surface area (Å²) in [6.45, 7) is 6.19. The number of Topliss-reactive ketones (excluding diaryl/α,β-unsaturated/α-hetero) is 1. The van der Waals surface area contributed by atoms with E-state index in [-0.39, 0.29) is 24.0 Å². The van der Waals surface area contributed by atoms with Crippen molar-refractivity contribution in [1.29, 1.82) is 0 Å². The number of ether oxygens (including phenoxy) is 2. The smallest absolute Gasteiger partial charge is 0.237 e. The van der Waals surface area contributed by atoms with Crippen LogP contribution in [0.3, 0.4) is 0 Å². The molecule has 0 aromatic heterocycles. The third kappa shape index (κ3) is 3.80. The number of rotatable bonds is 5. The van der Waals surface area contributed by atoms with Crippen LogP contribution >= 0.6 is 0 Å². The van der Waals surface area contributed by atoms with E-state index in [1.54, 1.807) is 12.1 Å². The van der Waals surface area contributed by atoms with Crippen molar-refractivity contribution in [3.05, 3.63) is 17.7 Å². The lowest BCUT2D eigenvalue weighted by molar-refractivity contribution is -0.132. The van der Waals surface area contributed by atoms with E-state index in [4.69, 9.17) is 9.47 Å². The molecule has 2 N–H and O–H groups in total. The molecule has 2 amide bonds. The van der Waals surface area contributed by atoms with Crippen molar-refractivity contribution in [2.75, 3.05) is 38.2 Å². The van der Waals surface area contributed by atoms with Gasteiger partial charge in [0.1, 0.15) is 13.2 Å². The fraction of sp³-hybridized carbons (Fsp3) is 0.500. The standard InChI is InChI=1S/C18H23N3O5/c1-3-21-5-4-19-18(24)14(21)10-17(23)20-13-9-16-15(25-6-7-26-16)8-12(13)11(2)22/h8-9,14H,3-7,10H2,1-2H3,(H,19,24)(H,20,23). The number of hydrogen-bond donors (Lipinski definition) is 2. The minimum absolute atomic E-state index is 0.0193. The van der Waals surface area contributed by atoms with Crippen LogP contribution in [0.5, 0.6) is 11.5 Å². The molecule has 1 saturated heterocycles. The molecule has 0 spiro atoms. The van der Waals surface area contributed by atoms with Crippen LogP contribution < -0.4 is 20.1 Å². The Hall–Kier alpha value is -2.61. The Bertz CT molecular complexity index is 734. The lowest BCUT2D eigenvalue weighted by Crippen LogP contribution is -2.56. The highest BCUT2D eigenvalue weighted by Gasteiger charge is 2.31. The fourth-order valence-electron chi connectivity index (χ4n) is 3.22. The molecule has 1 fully saturated rings. The third-order valence-corrected chi connectivity index (χ3v) is 4.56. The number of carbonyl (C=O) groups excluding carboxylic acids is 3. The van der Waals surface area contributed by atoms with Crippen LogP contribution in [0.15, 0.2) is 12.1 Å². The van der Waals surface area contributed by atoms with E-state index in [1.807, 2.05) is 11.8 Å². The molecule has 2 heterocycles. The SMILES string of the molecule is CCN1CCNC(=O)C1CC(=O)Nc1cc2c(cc1C(C)=O)OCCO2. The molecule has 0 saturated carbocycles. The average molecular weight is 361 g/mol. The summed E-state index contributed by atoms with van der Waals surface area (Å²) in [5, 5.41) is 5.54. The molecule has 1 aromatic rings. The first-order valence-corrected chi connectivity index (χ1v) is 8.75. The Morgan fingerprint density at radius 3 is 2.62 bits per heavy atom. The summed E-state index contributed by atoms with van der Waals surface area (Å²) < 4.78 is 11.0. The number of benzene rings is 1. The van der Waals surface area contributed by atoms with Crippen molar-refractivity contribution in [3.63, 3.8) is 0 Å². The van der Waals surface area contributed by atoms with E-state index in [0.717, 1.165) is 0 Å². The molecule has 1 aromatic carbocycles. The highest BCUT2D eigenvalue weighted by atomic mass is 16.6. The topological polar surface area (TPSA) is 97.0 Å². The van der Waals surface area contributed by atoms with Gasteiger partial charge in [0.2, 0.25) is 11.8 Å². The number of amides is 2. The maximum Gasteiger partial charge on any atom is 0.237 e. The second-order valence-electron chi connectivity index (χ2n) is 6.29. The van der Waals surface area contributed by atoms with Gasteiger partial charge in [-0.1, -0.05) is 6.92 Å². The molecule has 2 aliphatic rings. The average Bonchev–Trinajstić information content (AvgIpc) is 2.62. The van der Waals surface area contributed by atoms with E-state index in [1.165, 1.54) is 6.92 Å². The summed E-state index contributed by atoms with van der Waals surface area (Å²) >= 11 is 0. The van der Waals surface area contributed by atoms with Crippen molar-refractivity contribution < 1.29 is 23.9 Å². The number of nitrogens with one attached hydrogen (secondary N) is 2. The van der Waals surface area contributed by atoms with Gasteiger partial charge in [-0.3, -0.25) is 19.3 Å². The molecule has 0 aliphatic carbocycles. The molecule has 3 rings (SSSR count). The molecule has 1 atom stereocenters. The van der Waals surface area contributed by atoms with Gasteiger partial charge >= 0.3 is 0 Å². The number of hydrogen-bond acceptors (Lipinski definition) is 6. The number of carbonyl (C=O) groups is 3. The Kier molecular flexibility index (Phi) is 5.41. The van der Waals surface area contributed by atoms with Gasteiger partial charge < -0.3 is 20.1 Å². The van der Waals surface area contributed by atoms with Crippen molar-refractivity contribution in [3.8, 4) is 11.5 Å². The van der Waals surface area contributed by atoms with Crippen LogP contribution in [-0.2, 0) is 9.59 Å². The summed E-state index contributed by atoms with van der Waals surface area (Å²) in [6, 6.07) is 2.67. The zero-order valence-corrected chi connectivity index (χ0v) is 15.0. The summed E-state index contributed by atoms with van der Waals surface area (Å²) in [7, 11) is 0. The molecular weight excluding hydrogens is 338 g/mol. The lowest BCUT2D eigenvalue weighted by Gasteiger charge is -2.33. The minimum atomic E-state index is -0.508. The van der Waals surface area contributed by atoms with E-state index in [9.17, 15) is 14.4 Å². The number of fused-ring (bicyclic) bond motifs is 1. The summed E-state index contributed by atoms with van der Waals surface area (Å²) in [5.74, 6) is 0.306. The molecule has 1 unspecified atom stereocenters. The second-order valence-corrected chi connectivity index (χ2v) is 6.29. The van der Waals surface area contributed by atoms with E-state index in [2.05, 4.69) is 10.6 Å². The van der Waals surface area contributed by atoms with Gasteiger partial charge in [0.15, 0.2) is 17.3 Å². The van der Waals surface area contributed by atoms with E-state index >= 15 is 0 Å². The van der Waals surface area contributed by atoms with Crippen molar-refractivity contribution >= 4 is 23.3 Å². The number of ketones is 1. The lowest BCUT2D eigenvalue weighted by atomic mass is 10.1. The van der Waals surface area contributed by atoms with Gasteiger partial charge in [-0.2, -0.15) is 0 Å². The molecular formula is C18H23N3O5. The monoisotopic (exact) mass is 361 g/mol. The van der Waals surface area contributed by atoms with Crippen LogP contribution in [0, 0.1) is 0 Å². The van der Waals surface area contributed by atoms with Crippen LogP contribution in [0.1, 0.15) is 30.6 Å². The molecule has 140 valence electrons. The van der Waals surface area contributed by atoms with Crippen LogP contribution in [0.2, 0.25) is 0 Å². The van der Waals surface area contributed by atoms with Gasteiger partial charge in [-0.25, -0.2) is 0 Å². The predicted octanol–water partition coefficient (Wildman–Crippen LogP) is 0.809. The maximum atomic E-state index is 12.5. The molecule has 8 heteroatoms. The zero-order chi connectivity index (χ0) is 18.7. The highest BCUT2D eigenvalue weighted by molar-refractivity contribution is 6.05. The van der Waals surface area contributed by atoms with Crippen LogP contribution in [0.4, 0.5) is 5.69 Å². The number of piperazine rings is 1. The van der Waals surface area contributed by atoms with Crippen LogP contribution in [-0.4, -0.2) is 61.4 Å². The van der Waals surface area contributed by atoms with Gasteiger partial charge in [-0.15, -0.1) is 0 Å². The van der Waals surface area contributed by atoms with E-state index in [0.29, 0.717) is 55.6 Å². The third-order valence-electron chi connectivity index (χ3n) is 4.56. The first-order chi connectivity index (χ1) is 12.5. The van der Waals surface area contributed by atoms with Gasteiger partial charge in [0.05, 0.1) is 18.2 Å². The first kappa shape index (κ1) is 18.2. The Balaban J connectivity index is 1.78. The summed E-state index contributed by atoms with van der Waals surface area (Å²) in [5.41, 5.74) is 0.717. The first-order valence-electron chi connectivity index (χ1n) is 8.75. The van der Waals surface area contributed by atoms with Crippen molar-refractivity contribution in [2.24, 2.45) is 0 Å². The van der Waals surface area contributed by atoms with Gasteiger partial charge in [0, 0.05) is 24.7 Å². The van der Waals surface area contributed by atoms with Crippen molar-refractivity contribution in [1.82, 2.24) is 10.2 Å². The largest absolute Gasteiger partial charge is 0.486 e. The minimum Gasteiger partial charge on any atom is -0.486 e. The fourth-order valence-corrected chi connectivity index (χ4v) is 3.22. The molecule has 26 heavy (non-hydrogen) atoms. The molecule has 2 aliphatic heterocycles. The summed E-state index contributed by atoms with van der Waals surface area (Å²) in [4.78, 5) is 38.5. The summed E-state index contributed by atoms with van der Waals surface area (Å²) in [6.07, 6.45) is 0.0193. The quantitative estimate of drug-likeness (QED) is 0.754. The Morgan fingerprint density at radius 1 is 1.27 bits per heavy atom. The predicted molar refractivity (Wildman–Crippen MR) is 94.7 cm³/mol. The Morgan fingerprint density at radius 2 is 1.96 bits per heavy atom. The zero-order valence-electron chi connectivity index (χ0n) is 15.0. The molecule has 0 radical (unpaired) electrons. The normalized spacial score (nSPS) is 19.6. The van der Waals surface area contributed by atoms with Gasteiger partial charge in [0.25, 0.3) is 0 Å². The Labute approximate surface area is 151 Å². The maximum absolute atomic E-state index is 12.5. The molecule has 8 nitrogen and oxygen atoms in total. The molecule has 0 bridgehead atoms. The van der Waals surface area contributed by atoms with Crippen molar-refractivity contribution in [2.45, 2.75) is 26.3 Å². The van der Waals surface area contributed by atoms with E-state index < -0.39 is 6.04 Å². The number of anilines is 1. The highest BCUT2D eigenvalue weighted by Crippen LogP contribution is 2.36.